The van der Waals surface area contributed by atoms with E-state index >= 15 is 0 Å². The van der Waals surface area contributed by atoms with Crippen LogP contribution < -0.4 is 0 Å². The highest BCUT2D eigenvalue weighted by atomic mass is 19.2. The van der Waals surface area contributed by atoms with Crippen LogP contribution in [0, 0.1) is 11.6 Å². The Kier molecular flexibility index (Phi) is 4.22. The van der Waals surface area contributed by atoms with Crippen molar-refractivity contribution in [2.45, 2.75) is 25.9 Å². The first-order valence-corrected chi connectivity index (χ1v) is 6.18. The second-order valence-corrected chi connectivity index (χ2v) is 4.33. The molecule has 100 valence electrons. The minimum atomic E-state index is -0.938. The Morgan fingerprint density at radius 1 is 1.16 bits per heavy atom. The fourth-order valence-electron chi connectivity index (χ4n) is 2.06. The molecule has 0 spiro atoms. The van der Waals surface area contributed by atoms with Crippen molar-refractivity contribution in [2.24, 2.45) is 0 Å². The molecule has 2 rings (SSSR count). The Morgan fingerprint density at radius 2 is 1.89 bits per heavy atom. The first kappa shape index (κ1) is 13.6. The van der Waals surface area contributed by atoms with Gasteiger partial charge in [0, 0.05) is 12.6 Å². The third kappa shape index (κ3) is 2.96. The summed E-state index contributed by atoms with van der Waals surface area (Å²) in [5.41, 5.74) is 1.58. The number of halogens is 2. The van der Waals surface area contributed by atoms with Gasteiger partial charge in [-0.05, 0) is 29.7 Å². The Labute approximate surface area is 110 Å². The van der Waals surface area contributed by atoms with Crippen LogP contribution in [0.15, 0.2) is 36.5 Å². The maximum Gasteiger partial charge on any atom is 0.162 e. The lowest BCUT2D eigenvalue weighted by Crippen LogP contribution is -2.09. The number of benzene rings is 1. The summed E-state index contributed by atoms with van der Waals surface area (Å²) < 4.78 is 26.7. The Morgan fingerprint density at radius 3 is 2.63 bits per heavy atom. The molecule has 1 unspecified atom stereocenters. The third-order valence-corrected chi connectivity index (χ3v) is 3.07. The van der Waals surface area contributed by atoms with Crippen LogP contribution >= 0.6 is 0 Å². The van der Waals surface area contributed by atoms with Gasteiger partial charge in [-0.15, -0.1) is 0 Å². The summed E-state index contributed by atoms with van der Waals surface area (Å²) in [5.74, 6) is -1.81. The molecule has 0 radical (unpaired) electrons. The van der Waals surface area contributed by atoms with Crippen LogP contribution in [0.3, 0.4) is 0 Å². The molecule has 0 amide bonds. The summed E-state index contributed by atoms with van der Waals surface area (Å²) >= 11 is 0. The molecular weight excluding hydrogens is 248 g/mol. The van der Waals surface area contributed by atoms with E-state index in [1.807, 2.05) is 13.0 Å². The second-order valence-electron chi connectivity index (χ2n) is 4.33. The third-order valence-electron chi connectivity index (χ3n) is 3.07. The van der Waals surface area contributed by atoms with Gasteiger partial charge in [0.05, 0.1) is 5.69 Å². The molecule has 1 heterocycles. The predicted octanol–water partition coefficient (Wildman–Crippen LogP) is 3.20. The molecule has 0 aliphatic heterocycles. The van der Waals surface area contributed by atoms with Crippen molar-refractivity contribution in [2.75, 3.05) is 0 Å². The van der Waals surface area contributed by atoms with E-state index < -0.39 is 17.7 Å². The highest BCUT2D eigenvalue weighted by Gasteiger charge is 2.17. The first-order valence-electron chi connectivity index (χ1n) is 6.18. The standard InChI is InChI=1S/C15H15F2NO/c1-2-10-6-4-8-18-15(10)13(19)9-11-5-3-7-12(16)14(11)17/h3-8,13,19H,2,9H2,1H3. The van der Waals surface area contributed by atoms with Gasteiger partial charge in [-0.25, -0.2) is 8.78 Å². The predicted molar refractivity (Wildman–Crippen MR) is 68.6 cm³/mol. The Hall–Kier alpha value is -1.81. The van der Waals surface area contributed by atoms with Crippen LogP contribution in [0.2, 0.25) is 0 Å². The SMILES string of the molecule is CCc1cccnc1C(O)Cc1cccc(F)c1F. The number of pyridine rings is 1. The van der Waals surface area contributed by atoms with Crippen molar-refractivity contribution in [3.63, 3.8) is 0 Å². The molecule has 19 heavy (non-hydrogen) atoms. The van der Waals surface area contributed by atoms with Crippen LogP contribution in [0.1, 0.15) is 29.8 Å². The average molecular weight is 263 g/mol. The zero-order chi connectivity index (χ0) is 13.8. The minimum absolute atomic E-state index is 0.00755. The van der Waals surface area contributed by atoms with E-state index in [9.17, 15) is 13.9 Å². The normalized spacial score (nSPS) is 12.4. The van der Waals surface area contributed by atoms with E-state index in [0.717, 1.165) is 18.1 Å². The molecule has 0 bridgehead atoms. The molecule has 2 aromatic rings. The van der Waals surface area contributed by atoms with Gasteiger partial charge in [0.2, 0.25) is 0 Å². The van der Waals surface area contributed by atoms with Gasteiger partial charge >= 0.3 is 0 Å². The van der Waals surface area contributed by atoms with Crippen LogP contribution in [0.5, 0.6) is 0 Å². The van der Waals surface area contributed by atoms with Crippen molar-refractivity contribution in [3.05, 3.63) is 65.0 Å². The van der Waals surface area contributed by atoms with Crippen LogP contribution in [-0.2, 0) is 12.8 Å². The number of aliphatic hydroxyl groups excluding tert-OH is 1. The number of aryl methyl sites for hydroxylation is 1. The van der Waals surface area contributed by atoms with E-state index in [0.29, 0.717) is 5.69 Å². The van der Waals surface area contributed by atoms with Gasteiger partial charge < -0.3 is 5.11 Å². The molecular formula is C15H15F2NO. The van der Waals surface area contributed by atoms with Crippen LogP contribution in [-0.4, -0.2) is 10.1 Å². The lowest BCUT2D eigenvalue weighted by Gasteiger charge is -2.14. The largest absolute Gasteiger partial charge is 0.386 e. The number of aromatic nitrogens is 1. The van der Waals surface area contributed by atoms with E-state index in [1.54, 1.807) is 12.3 Å². The summed E-state index contributed by atoms with van der Waals surface area (Å²) in [4.78, 5) is 4.13. The van der Waals surface area contributed by atoms with Gasteiger partial charge in [0.25, 0.3) is 0 Å². The topological polar surface area (TPSA) is 33.1 Å². The van der Waals surface area contributed by atoms with Gasteiger partial charge in [-0.3, -0.25) is 4.98 Å². The molecule has 0 saturated heterocycles. The number of aliphatic hydroxyl groups is 1. The summed E-state index contributed by atoms with van der Waals surface area (Å²) in [6, 6.07) is 7.62. The maximum atomic E-state index is 13.6. The quantitative estimate of drug-likeness (QED) is 0.919. The second kappa shape index (κ2) is 5.89. The van der Waals surface area contributed by atoms with Crippen molar-refractivity contribution < 1.29 is 13.9 Å². The van der Waals surface area contributed by atoms with Gasteiger partial charge in [-0.1, -0.05) is 25.1 Å². The highest BCUT2D eigenvalue weighted by Crippen LogP contribution is 2.22. The smallest absolute Gasteiger partial charge is 0.162 e. The van der Waals surface area contributed by atoms with Crippen molar-refractivity contribution in [3.8, 4) is 0 Å². The zero-order valence-corrected chi connectivity index (χ0v) is 10.6. The maximum absolute atomic E-state index is 13.6. The Balaban J connectivity index is 2.26. The Bertz CT molecular complexity index is 572. The lowest BCUT2D eigenvalue weighted by atomic mass is 10.0. The van der Waals surface area contributed by atoms with E-state index in [4.69, 9.17) is 0 Å². The van der Waals surface area contributed by atoms with Crippen molar-refractivity contribution in [1.82, 2.24) is 4.98 Å². The van der Waals surface area contributed by atoms with Gasteiger partial charge in [0.1, 0.15) is 6.10 Å². The first-order chi connectivity index (χ1) is 9.13. The van der Waals surface area contributed by atoms with Crippen LogP contribution in [0.4, 0.5) is 8.78 Å². The molecule has 0 fully saturated rings. The van der Waals surface area contributed by atoms with Gasteiger partial charge in [0.15, 0.2) is 11.6 Å². The number of hydrogen-bond donors (Lipinski definition) is 1. The lowest BCUT2D eigenvalue weighted by molar-refractivity contribution is 0.171. The molecule has 0 saturated carbocycles. The zero-order valence-electron chi connectivity index (χ0n) is 10.6. The molecule has 0 aliphatic carbocycles. The number of rotatable bonds is 4. The molecule has 4 heteroatoms. The van der Waals surface area contributed by atoms with Gasteiger partial charge in [-0.2, -0.15) is 0 Å². The molecule has 1 atom stereocenters. The van der Waals surface area contributed by atoms with Crippen molar-refractivity contribution in [1.29, 1.82) is 0 Å². The van der Waals surface area contributed by atoms with E-state index in [2.05, 4.69) is 4.98 Å². The van der Waals surface area contributed by atoms with E-state index in [1.165, 1.54) is 12.1 Å². The summed E-state index contributed by atoms with van der Waals surface area (Å²) in [5, 5.41) is 10.1. The number of nitrogens with zero attached hydrogens (tertiary/aromatic N) is 1. The summed E-state index contributed by atoms with van der Waals surface area (Å²) in [6.07, 6.45) is 1.38. The highest BCUT2D eigenvalue weighted by molar-refractivity contribution is 5.25. The fraction of sp³-hybridized carbons (Fsp3) is 0.267. The van der Waals surface area contributed by atoms with Crippen molar-refractivity contribution >= 4 is 0 Å². The fourth-order valence-corrected chi connectivity index (χ4v) is 2.06. The molecule has 1 aromatic heterocycles. The monoisotopic (exact) mass is 263 g/mol. The average Bonchev–Trinajstić information content (AvgIpc) is 2.43. The van der Waals surface area contributed by atoms with Crippen LogP contribution in [0.25, 0.3) is 0 Å². The molecule has 1 aromatic carbocycles. The molecule has 2 nitrogen and oxygen atoms in total. The summed E-state index contributed by atoms with van der Waals surface area (Å²) in [6.45, 7) is 1.95. The number of hydrogen-bond acceptors (Lipinski definition) is 2. The molecule has 1 N–H and O–H groups in total. The minimum Gasteiger partial charge on any atom is -0.386 e. The molecule has 0 aliphatic rings. The summed E-state index contributed by atoms with van der Waals surface area (Å²) in [7, 11) is 0. The van der Waals surface area contributed by atoms with E-state index in [-0.39, 0.29) is 12.0 Å².